The van der Waals surface area contributed by atoms with E-state index in [0.29, 0.717) is 0 Å². The standard InChI is InChI=1S/C15H23N3O/c1-3-9-17-15(2,11-19)8-10-18-12-16-13-6-4-5-7-14(13)18/h4-7,12,17,19H,3,8-11H2,1-2H3. The highest BCUT2D eigenvalue weighted by Crippen LogP contribution is 2.16. The van der Waals surface area contributed by atoms with Crippen molar-refractivity contribution in [2.24, 2.45) is 0 Å². The average molecular weight is 261 g/mol. The minimum Gasteiger partial charge on any atom is -0.394 e. The molecular weight excluding hydrogens is 238 g/mol. The lowest BCUT2D eigenvalue weighted by Crippen LogP contribution is -2.46. The molecular formula is C15H23N3O. The second kappa shape index (κ2) is 6.17. The van der Waals surface area contributed by atoms with Crippen molar-refractivity contribution in [3.05, 3.63) is 30.6 Å². The lowest BCUT2D eigenvalue weighted by atomic mass is 9.98. The predicted octanol–water partition coefficient (Wildman–Crippen LogP) is 2.18. The van der Waals surface area contributed by atoms with Crippen LogP contribution in [0.3, 0.4) is 0 Å². The van der Waals surface area contributed by atoms with E-state index in [1.165, 1.54) is 0 Å². The first-order valence-corrected chi connectivity index (χ1v) is 6.94. The fraction of sp³-hybridized carbons (Fsp3) is 0.533. The molecule has 1 atom stereocenters. The van der Waals surface area contributed by atoms with E-state index < -0.39 is 0 Å². The Balaban J connectivity index is 2.04. The van der Waals surface area contributed by atoms with E-state index in [1.807, 2.05) is 24.5 Å². The van der Waals surface area contributed by atoms with Gasteiger partial charge in [-0.2, -0.15) is 0 Å². The monoisotopic (exact) mass is 261 g/mol. The molecule has 2 N–H and O–H groups in total. The normalized spacial score (nSPS) is 14.7. The van der Waals surface area contributed by atoms with Crippen molar-refractivity contribution in [2.45, 2.75) is 38.8 Å². The first kappa shape index (κ1) is 14.0. The molecule has 0 aliphatic rings. The topological polar surface area (TPSA) is 50.1 Å². The Morgan fingerprint density at radius 3 is 2.89 bits per heavy atom. The van der Waals surface area contributed by atoms with E-state index in [9.17, 15) is 5.11 Å². The summed E-state index contributed by atoms with van der Waals surface area (Å²) in [5, 5.41) is 13.0. The minimum atomic E-state index is -0.221. The fourth-order valence-corrected chi connectivity index (χ4v) is 2.21. The lowest BCUT2D eigenvalue weighted by Gasteiger charge is -2.29. The predicted molar refractivity (Wildman–Crippen MR) is 78.1 cm³/mol. The number of nitrogens with zero attached hydrogens (tertiary/aromatic N) is 2. The van der Waals surface area contributed by atoms with Crippen LogP contribution < -0.4 is 5.32 Å². The first-order chi connectivity index (χ1) is 9.18. The summed E-state index contributed by atoms with van der Waals surface area (Å²) in [4.78, 5) is 4.39. The number of fused-ring (bicyclic) bond motifs is 1. The third-order valence-corrected chi connectivity index (χ3v) is 3.58. The maximum atomic E-state index is 9.57. The molecule has 0 aliphatic carbocycles. The highest BCUT2D eigenvalue weighted by molar-refractivity contribution is 5.74. The number of hydrogen-bond donors (Lipinski definition) is 2. The van der Waals surface area contributed by atoms with Crippen molar-refractivity contribution in [3.8, 4) is 0 Å². The first-order valence-electron chi connectivity index (χ1n) is 6.94. The van der Waals surface area contributed by atoms with Crippen LogP contribution in [-0.4, -0.2) is 33.3 Å². The molecule has 0 saturated heterocycles. The number of hydrogen-bond acceptors (Lipinski definition) is 3. The zero-order chi connectivity index (χ0) is 13.7. The molecule has 1 heterocycles. The zero-order valence-corrected chi connectivity index (χ0v) is 11.8. The summed E-state index contributed by atoms with van der Waals surface area (Å²) < 4.78 is 2.15. The van der Waals surface area contributed by atoms with Crippen LogP contribution in [0.4, 0.5) is 0 Å². The molecule has 1 aromatic carbocycles. The molecule has 19 heavy (non-hydrogen) atoms. The molecule has 1 aromatic heterocycles. The van der Waals surface area contributed by atoms with Gasteiger partial charge in [-0.15, -0.1) is 0 Å². The van der Waals surface area contributed by atoms with Crippen LogP contribution in [0, 0.1) is 0 Å². The number of aliphatic hydroxyl groups excluding tert-OH is 1. The van der Waals surface area contributed by atoms with Gasteiger partial charge < -0.3 is 15.0 Å². The van der Waals surface area contributed by atoms with Gasteiger partial charge in [-0.05, 0) is 38.4 Å². The van der Waals surface area contributed by atoms with Crippen molar-refractivity contribution in [1.29, 1.82) is 0 Å². The van der Waals surface area contributed by atoms with Gasteiger partial charge in [0.05, 0.1) is 24.0 Å². The van der Waals surface area contributed by atoms with Crippen LogP contribution in [0.5, 0.6) is 0 Å². The molecule has 104 valence electrons. The van der Waals surface area contributed by atoms with Crippen molar-refractivity contribution in [1.82, 2.24) is 14.9 Å². The fourth-order valence-electron chi connectivity index (χ4n) is 2.21. The largest absolute Gasteiger partial charge is 0.394 e. The lowest BCUT2D eigenvalue weighted by molar-refractivity contribution is 0.161. The highest BCUT2D eigenvalue weighted by Gasteiger charge is 2.22. The van der Waals surface area contributed by atoms with Crippen LogP contribution in [0.25, 0.3) is 11.0 Å². The van der Waals surface area contributed by atoms with Gasteiger partial charge in [-0.25, -0.2) is 4.98 Å². The Labute approximate surface area is 114 Å². The number of aliphatic hydroxyl groups is 1. The van der Waals surface area contributed by atoms with Gasteiger partial charge in [0, 0.05) is 12.1 Å². The Morgan fingerprint density at radius 2 is 2.16 bits per heavy atom. The number of aromatic nitrogens is 2. The van der Waals surface area contributed by atoms with Crippen LogP contribution in [-0.2, 0) is 6.54 Å². The Bertz CT molecular complexity index is 523. The maximum absolute atomic E-state index is 9.57. The molecule has 1 unspecified atom stereocenters. The van der Waals surface area contributed by atoms with E-state index in [4.69, 9.17) is 0 Å². The number of aryl methyl sites for hydroxylation is 1. The van der Waals surface area contributed by atoms with Gasteiger partial charge in [-0.3, -0.25) is 0 Å². The van der Waals surface area contributed by atoms with Crippen LogP contribution in [0.1, 0.15) is 26.7 Å². The van der Waals surface area contributed by atoms with Crippen molar-refractivity contribution < 1.29 is 5.11 Å². The third-order valence-electron chi connectivity index (χ3n) is 3.58. The summed E-state index contributed by atoms with van der Waals surface area (Å²) in [6.07, 6.45) is 3.83. The van der Waals surface area contributed by atoms with Crippen molar-refractivity contribution >= 4 is 11.0 Å². The molecule has 0 amide bonds. The van der Waals surface area contributed by atoms with Gasteiger partial charge in [0.1, 0.15) is 0 Å². The van der Waals surface area contributed by atoms with Gasteiger partial charge in [0.25, 0.3) is 0 Å². The number of imidazole rings is 1. The van der Waals surface area contributed by atoms with Crippen LogP contribution in [0.15, 0.2) is 30.6 Å². The van der Waals surface area contributed by atoms with Crippen LogP contribution >= 0.6 is 0 Å². The second-order valence-electron chi connectivity index (χ2n) is 5.32. The Morgan fingerprint density at radius 1 is 1.37 bits per heavy atom. The Hall–Kier alpha value is -1.39. The maximum Gasteiger partial charge on any atom is 0.0958 e. The second-order valence-corrected chi connectivity index (χ2v) is 5.32. The molecule has 2 aromatic rings. The zero-order valence-electron chi connectivity index (χ0n) is 11.8. The van der Waals surface area contributed by atoms with E-state index in [2.05, 4.69) is 34.8 Å². The molecule has 0 radical (unpaired) electrons. The summed E-state index contributed by atoms with van der Waals surface area (Å²) in [6.45, 7) is 6.14. The molecule has 4 heteroatoms. The Kier molecular flexibility index (Phi) is 4.56. The molecule has 0 saturated carbocycles. The number of benzene rings is 1. The third kappa shape index (κ3) is 3.33. The molecule has 0 aliphatic heterocycles. The van der Waals surface area contributed by atoms with Gasteiger partial charge in [-0.1, -0.05) is 19.1 Å². The molecule has 0 fully saturated rings. The molecule has 0 spiro atoms. The van der Waals surface area contributed by atoms with Gasteiger partial charge >= 0.3 is 0 Å². The smallest absolute Gasteiger partial charge is 0.0958 e. The van der Waals surface area contributed by atoms with Crippen molar-refractivity contribution in [2.75, 3.05) is 13.2 Å². The summed E-state index contributed by atoms with van der Waals surface area (Å²) in [6, 6.07) is 8.13. The molecule has 4 nitrogen and oxygen atoms in total. The average Bonchev–Trinajstić information content (AvgIpc) is 2.86. The number of nitrogens with one attached hydrogen (secondary N) is 1. The van der Waals surface area contributed by atoms with Gasteiger partial charge in [0.15, 0.2) is 0 Å². The number of rotatable bonds is 7. The molecule has 0 bridgehead atoms. The van der Waals surface area contributed by atoms with E-state index in [-0.39, 0.29) is 12.1 Å². The summed E-state index contributed by atoms with van der Waals surface area (Å²) in [5.74, 6) is 0. The van der Waals surface area contributed by atoms with Crippen LogP contribution in [0.2, 0.25) is 0 Å². The van der Waals surface area contributed by atoms with E-state index >= 15 is 0 Å². The summed E-state index contributed by atoms with van der Waals surface area (Å²) in [7, 11) is 0. The van der Waals surface area contributed by atoms with E-state index in [1.54, 1.807) is 0 Å². The number of para-hydroxylation sites is 2. The van der Waals surface area contributed by atoms with Crippen molar-refractivity contribution in [3.63, 3.8) is 0 Å². The highest BCUT2D eigenvalue weighted by atomic mass is 16.3. The quantitative estimate of drug-likeness (QED) is 0.803. The SMILES string of the molecule is CCCNC(C)(CO)CCn1cnc2ccccc21. The van der Waals surface area contributed by atoms with Gasteiger partial charge in [0.2, 0.25) is 0 Å². The van der Waals surface area contributed by atoms with E-state index in [0.717, 1.165) is 37.0 Å². The summed E-state index contributed by atoms with van der Waals surface area (Å²) >= 11 is 0. The molecule has 2 rings (SSSR count). The minimum absolute atomic E-state index is 0.152. The summed E-state index contributed by atoms with van der Waals surface area (Å²) in [5.41, 5.74) is 1.95.